The highest BCUT2D eigenvalue weighted by Crippen LogP contribution is 2.27. The summed E-state index contributed by atoms with van der Waals surface area (Å²) in [6, 6.07) is 12.4. The van der Waals surface area contributed by atoms with Gasteiger partial charge in [-0.15, -0.1) is 0 Å². The quantitative estimate of drug-likeness (QED) is 0.217. The molecule has 3 rings (SSSR count). The number of rotatable bonds is 11. The summed E-state index contributed by atoms with van der Waals surface area (Å²) >= 11 is 0. The maximum atomic E-state index is 6.28. The molecule has 0 saturated carbocycles. The first kappa shape index (κ1) is 25.3. The fourth-order valence-corrected chi connectivity index (χ4v) is 3.18. The van der Waals surface area contributed by atoms with Crippen LogP contribution in [0.2, 0.25) is 0 Å². The molecule has 0 bridgehead atoms. The van der Waals surface area contributed by atoms with Crippen molar-refractivity contribution >= 4 is 16.6 Å². The SMILES string of the molecule is CC(=N)N.CCCC[C@H](C)c1nc(-c2ccc3cc(OCCCCOC)ccc3c2)no1. The van der Waals surface area contributed by atoms with Crippen LogP contribution >= 0.6 is 0 Å². The third-order valence-electron chi connectivity index (χ3n) is 4.94. The molecule has 3 N–H and O–H groups in total. The number of nitrogens with two attached hydrogens (primary N) is 1. The molecule has 0 fully saturated rings. The van der Waals surface area contributed by atoms with Crippen LogP contribution < -0.4 is 10.5 Å². The molecule has 1 aromatic heterocycles. The van der Waals surface area contributed by atoms with E-state index in [-0.39, 0.29) is 5.84 Å². The van der Waals surface area contributed by atoms with E-state index in [1.807, 2.05) is 12.1 Å². The molecule has 3 aromatic rings. The molecule has 0 aliphatic carbocycles. The number of ether oxygens (including phenoxy) is 2. The first-order chi connectivity index (χ1) is 15.4. The molecule has 1 heterocycles. The van der Waals surface area contributed by atoms with Gasteiger partial charge in [-0.25, -0.2) is 0 Å². The molecule has 7 nitrogen and oxygen atoms in total. The summed E-state index contributed by atoms with van der Waals surface area (Å²) in [6.07, 6.45) is 5.42. The lowest BCUT2D eigenvalue weighted by Crippen LogP contribution is -2.00. The number of hydrogen-bond acceptors (Lipinski definition) is 6. The van der Waals surface area contributed by atoms with Crippen molar-refractivity contribution < 1.29 is 14.0 Å². The second-order valence-electron chi connectivity index (χ2n) is 7.95. The molecule has 0 spiro atoms. The maximum absolute atomic E-state index is 6.28. The Morgan fingerprint density at radius 1 is 1.09 bits per heavy atom. The number of methoxy groups -OCH3 is 1. The van der Waals surface area contributed by atoms with Crippen LogP contribution in [-0.4, -0.2) is 36.3 Å². The van der Waals surface area contributed by atoms with Gasteiger partial charge in [-0.2, -0.15) is 4.98 Å². The standard InChI is InChI=1S/C23H30N2O3.C2H6N2/c1-4-5-8-17(2)23-24-22(25-28-23)20-10-9-19-16-21(12-11-18(19)15-20)27-14-7-6-13-26-3;1-2(3)4/h9-12,15-17H,4-8,13-14H2,1-3H3;1H3,(H3,3,4)/t17-;/m0./s1. The topological polar surface area (TPSA) is 107 Å². The normalized spacial score (nSPS) is 11.6. The van der Waals surface area contributed by atoms with Gasteiger partial charge in [0.25, 0.3) is 0 Å². The lowest BCUT2D eigenvalue weighted by molar-refractivity contribution is 0.184. The zero-order valence-electron chi connectivity index (χ0n) is 19.7. The molecule has 174 valence electrons. The van der Waals surface area contributed by atoms with Gasteiger partial charge in [0.2, 0.25) is 11.7 Å². The van der Waals surface area contributed by atoms with Crippen molar-refractivity contribution in [2.45, 2.75) is 58.8 Å². The molecule has 0 amide bonds. The average Bonchev–Trinajstić information content (AvgIpc) is 3.27. The molecule has 0 unspecified atom stereocenters. The van der Waals surface area contributed by atoms with Crippen molar-refractivity contribution in [1.29, 1.82) is 5.41 Å². The predicted molar refractivity (Wildman–Crippen MR) is 129 cm³/mol. The summed E-state index contributed by atoms with van der Waals surface area (Å²) < 4.78 is 16.4. The minimum absolute atomic E-state index is 0.167. The molecule has 1 atom stereocenters. The number of benzene rings is 2. The van der Waals surface area contributed by atoms with Crippen LogP contribution in [0.15, 0.2) is 40.9 Å². The Balaban J connectivity index is 0.000000837. The van der Waals surface area contributed by atoms with E-state index < -0.39 is 0 Å². The smallest absolute Gasteiger partial charge is 0.229 e. The van der Waals surface area contributed by atoms with Crippen molar-refractivity contribution in [2.75, 3.05) is 20.3 Å². The van der Waals surface area contributed by atoms with Crippen molar-refractivity contribution in [2.24, 2.45) is 5.73 Å². The molecule has 0 radical (unpaired) electrons. The third-order valence-corrected chi connectivity index (χ3v) is 4.94. The summed E-state index contributed by atoms with van der Waals surface area (Å²) in [4.78, 5) is 4.61. The molecular formula is C25H36N4O3. The van der Waals surface area contributed by atoms with Crippen LogP contribution in [0.1, 0.15) is 64.7 Å². The number of unbranched alkanes of at least 4 members (excludes halogenated alkanes) is 2. The second-order valence-corrected chi connectivity index (χ2v) is 7.95. The van der Waals surface area contributed by atoms with E-state index in [0.717, 1.165) is 53.8 Å². The molecule has 32 heavy (non-hydrogen) atoms. The number of nitrogens with one attached hydrogen (secondary N) is 1. The molecule has 0 aliphatic rings. The lowest BCUT2D eigenvalue weighted by Gasteiger charge is -2.08. The Kier molecular flexibility index (Phi) is 10.7. The van der Waals surface area contributed by atoms with Gasteiger partial charge in [0, 0.05) is 25.2 Å². The highest BCUT2D eigenvalue weighted by Gasteiger charge is 2.15. The summed E-state index contributed by atoms with van der Waals surface area (Å²) in [6.45, 7) is 7.34. The van der Waals surface area contributed by atoms with Crippen LogP contribution in [0.3, 0.4) is 0 Å². The van der Waals surface area contributed by atoms with Gasteiger partial charge in [0.1, 0.15) is 5.75 Å². The van der Waals surface area contributed by atoms with Crippen molar-refractivity contribution in [1.82, 2.24) is 10.1 Å². The number of nitrogens with zero attached hydrogens (tertiary/aromatic N) is 2. The summed E-state index contributed by atoms with van der Waals surface area (Å²) in [7, 11) is 1.72. The van der Waals surface area contributed by atoms with E-state index in [1.165, 1.54) is 19.8 Å². The number of amidine groups is 1. The van der Waals surface area contributed by atoms with Crippen LogP contribution in [0.5, 0.6) is 5.75 Å². The number of aromatic nitrogens is 2. The highest BCUT2D eigenvalue weighted by molar-refractivity contribution is 5.87. The Labute approximate surface area is 190 Å². The Hall–Kier alpha value is -2.93. The minimum Gasteiger partial charge on any atom is -0.494 e. The van der Waals surface area contributed by atoms with Crippen molar-refractivity contribution in [3.8, 4) is 17.1 Å². The van der Waals surface area contributed by atoms with E-state index in [0.29, 0.717) is 18.3 Å². The fraction of sp³-hybridized carbons (Fsp3) is 0.480. The average molecular weight is 441 g/mol. The third kappa shape index (κ3) is 8.30. The summed E-state index contributed by atoms with van der Waals surface area (Å²) in [5.74, 6) is 2.73. The van der Waals surface area contributed by atoms with Gasteiger partial charge < -0.3 is 19.7 Å². The first-order valence-electron chi connectivity index (χ1n) is 11.2. The van der Waals surface area contributed by atoms with Gasteiger partial charge in [-0.3, -0.25) is 5.41 Å². The van der Waals surface area contributed by atoms with Crippen molar-refractivity contribution in [3.05, 3.63) is 42.3 Å². The van der Waals surface area contributed by atoms with E-state index in [9.17, 15) is 0 Å². The van der Waals surface area contributed by atoms with Crippen LogP contribution in [0.4, 0.5) is 0 Å². The van der Waals surface area contributed by atoms with E-state index in [2.05, 4.69) is 48.3 Å². The highest BCUT2D eigenvalue weighted by atomic mass is 16.5. The van der Waals surface area contributed by atoms with E-state index in [1.54, 1.807) is 7.11 Å². The first-order valence-corrected chi connectivity index (χ1v) is 11.2. The molecular weight excluding hydrogens is 404 g/mol. The zero-order chi connectivity index (χ0) is 23.3. The Morgan fingerprint density at radius 2 is 1.78 bits per heavy atom. The minimum atomic E-state index is 0.167. The maximum Gasteiger partial charge on any atom is 0.229 e. The second kappa shape index (κ2) is 13.5. The van der Waals surface area contributed by atoms with Crippen LogP contribution in [-0.2, 0) is 4.74 Å². The predicted octanol–water partition coefficient (Wildman–Crippen LogP) is 5.93. The van der Waals surface area contributed by atoms with E-state index in [4.69, 9.17) is 25.1 Å². The van der Waals surface area contributed by atoms with Gasteiger partial charge in [-0.1, -0.05) is 50.0 Å². The Morgan fingerprint density at radius 3 is 2.50 bits per heavy atom. The zero-order valence-corrected chi connectivity index (χ0v) is 19.7. The monoisotopic (exact) mass is 440 g/mol. The molecule has 0 saturated heterocycles. The summed E-state index contributed by atoms with van der Waals surface area (Å²) in [5, 5.41) is 12.7. The van der Waals surface area contributed by atoms with Crippen LogP contribution in [0, 0.1) is 5.41 Å². The number of fused-ring (bicyclic) bond motifs is 1. The van der Waals surface area contributed by atoms with Gasteiger partial charge in [0.15, 0.2) is 0 Å². The molecule has 0 aliphatic heterocycles. The fourth-order valence-electron chi connectivity index (χ4n) is 3.18. The Bertz CT molecular complexity index is 967. The van der Waals surface area contributed by atoms with Gasteiger partial charge in [0.05, 0.1) is 12.4 Å². The number of hydrogen-bond donors (Lipinski definition) is 2. The van der Waals surface area contributed by atoms with E-state index >= 15 is 0 Å². The van der Waals surface area contributed by atoms with Crippen molar-refractivity contribution in [3.63, 3.8) is 0 Å². The van der Waals surface area contributed by atoms with Gasteiger partial charge >= 0.3 is 0 Å². The summed E-state index contributed by atoms with van der Waals surface area (Å²) in [5.41, 5.74) is 5.67. The largest absolute Gasteiger partial charge is 0.494 e. The van der Waals surface area contributed by atoms with Gasteiger partial charge in [-0.05, 0) is 55.2 Å². The molecule has 2 aromatic carbocycles. The lowest BCUT2D eigenvalue weighted by atomic mass is 10.0. The van der Waals surface area contributed by atoms with Crippen LogP contribution in [0.25, 0.3) is 22.2 Å². The molecule has 7 heteroatoms.